The quantitative estimate of drug-likeness (QED) is 0.784. The molecule has 2 rings (SSSR count). The minimum atomic E-state index is 0.00968. The first-order chi connectivity index (χ1) is 8.10. The van der Waals surface area contributed by atoms with E-state index in [0.717, 1.165) is 10.3 Å². The summed E-state index contributed by atoms with van der Waals surface area (Å²) in [5, 5.41) is 3.49. The Balaban J connectivity index is 2.08. The van der Waals surface area contributed by atoms with E-state index in [2.05, 4.69) is 20.9 Å². The highest BCUT2D eigenvalue weighted by Crippen LogP contribution is 2.17. The molecule has 1 aromatic heterocycles. The molecule has 1 saturated heterocycles. The zero-order valence-electron chi connectivity index (χ0n) is 9.85. The summed E-state index contributed by atoms with van der Waals surface area (Å²) in [5.41, 5.74) is 0.551. The van der Waals surface area contributed by atoms with Gasteiger partial charge in [0.15, 0.2) is 0 Å². The molecular weight excluding hydrogens is 304 g/mol. The molecule has 0 bridgehead atoms. The Morgan fingerprint density at radius 1 is 1.71 bits per heavy atom. The highest BCUT2D eigenvalue weighted by atomic mass is 79.9. The molecule has 1 aliphatic heterocycles. The van der Waals surface area contributed by atoms with Crippen LogP contribution in [-0.2, 0) is 4.74 Å². The number of carbonyl (C=O) groups is 1. The summed E-state index contributed by atoms with van der Waals surface area (Å²) in [5.74, 6) is 0.00968. The number of rotatable bonds is 2. The minimum Gasteiger partial charge on any atom is -0.371 e. The summed E-state index contributed by atoms with van der Waals surface area (Å²) >= 11 is 4.90. The van der Waals surface area contributed by atoms with Crippen molar-refractivity contribution in [3.63, 3.8) is 0 Å². The molecule has 4 nitrogen and oxygen atoms in total. The maximum atomic E-state index is 12.2. The second-order valence-corrected chi connectivity index (χ2v) is 5.89. The highest BCUT2D eigenvalue weighted by molar-refractivity contribution is 9.09. The third kappa shape index (κ3) is 3.05. The van der Waals surface area contributed by atoms with Crippen LogP contribution in [0, 0.1) is 6.92 Å². The van der Waals surface area contributed by atoms with Crippen LogP contribution in [-0.4, -0.2) is 46.4 Å². The number of aromatic nitrogens is 1. The zero-order chi connectivity index (χ0) is 12.4. The monoisotopic (exact) mass is 318 g/mol. The fourth-order valence-electron chi connectivity index (χ4n) is 1.92. The lowest BCUT2D eigenvalue weighted by Crippen LogP contribution is -2.49. The van der Waals surface area contributed by atoms with Gasteiger partial charge in [0.05, 0.1) is 17.2 Å². The van der Waals surface area contributed by atoms with Crippen LogP contribution in [0.4, 0.5) is 0 Å². The number of aryl methyl sites for hydroxylation is 1. The van der Waals surface area contributed by atoms with Gasteiger partial charge in [0.2, 0.25) is 0 Å². The Morgan fingerprint density at radius 2 is 2.47 bits per heavy atom. The SMILES string of the molecule is Cc1nc(C(=O)N2CC(C)OC(CBr)C2)cs1. The van der Waals surface area contributed by atoms with E-state index in [1.807, 2.05) is 24.1 Å². The van der Waals surface area contributed by atoms with E-state index < -0.39 is 0 Å². The van der Waals surface area contributed by atoms with E-state index >= 15 is 0 Å². The lowest BCUT2D eigenvalue weighted by atomic mass is 10.2. The van der Waals surface area contributed by atoms with Crippen LogP contribution in [0.15, 0.2) is 5.38 Å². The average Bonchev–Trinajstić information content (AvgIpc) is 2.74. The summed E-state index contributed by atoms with van der Waals surface area (Å²) in [4.78, 5) is 18.3. The lowest BCUT2D eigenvalue weighted by molar-refractivity contribution is -0.0560. The molecule has 1 aliphatic rings. The maximum absolute atomic E-state index is 12.2. The number of ether oxygens (including phenoxy) is 1. The Bertz CT molecular complexity index is 410. The van der Waals surface area contributed by atoms with Crippen molar-refractivity contribution in [2.75, 3.05) is 18.4 Å². The molecular formula is C11H15BrN2O2S. The van der Waals surface area contributed by atoms with Gasteiger partial charge < -0.3 is 9.64 Å². The van der Waals surface area contributed by atoms with Gasteiger partial charge >= 0.3 is 0 Å². The lowest BCUT2D eigenvalue weighted by Gasteiger charge is -2.35. The van der Waals surface area contributed by atoms with Crippen LogP contribution in [0.25, 0.3) is 0 Å². The second kappa shape index (κ2) is 5.46. The number of halogens is 1. The number of hydrogen-bond acceptors (Lipinski definition) is 4. The van der Waals surface area contributed by atoms with Crippen molar-refractivity contribution >= 4 is 33.2 Å². The third-order valence-electron chi connectivity index (χ3n) is 2.62. The standard InChI is InChI=1S/C11H15BrN2O2S/c1-7-4-14(5-9(3-12)16-7)11(15)10-6-17-8(2)13-10/h6-7,9H,3-5H2,1-2H3. The van der Waals surface area contributed by atoms with E-state index in [9.17, 15) is 4.79 Å². The minimum absolute atomic E-state index is 0.00968. The number of alkyl halides is 1. The van der Waals surface area contributed by atoms with Crippen molar-refractivity contribution < 1.29 is 9.53 Å². The van der Waals surface area contributed by atoms with Crippen LogP contribution < -0.4 is 0 Å². The Labute approximate surface area is 113 Å². The predicted molar refractivity (Wildman–Crippen MR) is 70.9 cm³/mol. The molecule has 0 saturated carbocycles. The Morgan fingerprint density at radius 3 is 3.06 bits per heavy atom. The van der Waals surface area contributed by atoms with Crippen molar-refractivity contribution in [1.82, 2.24) is 9.88 Å². The molecule has 94 valence electrons. The van der Waals surface area contributed by atoms with Gasteiger partial charge in [0.25, 0.3) is 5.91 Å². The normalized spacial score (nSPS) is 25.0. The van der Waals surface area contributed by atoms with Gasteiger partial charge in [-0.05, 0) is 13.8 Å². The van der Waals surface area contributed by atoms with E-state index in [-0.39, 0.29) is 18.1 Å². The smallest absolute Gasteiger partial charge is 0.273 e. The highest BCUT2D eigenvalue weighted by Gasteiger charge is 2.29. The third-order valence-corrected chi connectivity index (χ3v) is 4.12. The largest absolute Gasteiger partial charge is 0.371 e. The van der Waals surface area contributed by atoms with Gasteiger partial charge in [-0.1, -0.05) is 15.9 Å². The number of hydrogen-bond donors (Lipinski definition) is 0. The molecule has 2 unspecified atom stereocenters. The number of carbonyl (C=O) groups excluding carboxylic acids is 1. The van der Waals surface area contributed by atoms with Crippen molar-refractivity contribution in [2.45, 2.75) is 26.1 Å². The van der Waals surface area contributed by atoms with Crippen molar-refractivity contribution in [3.05, 3.63) is 16.1 Å². The first-order valence-corrected chi connectivity index (χ1v) is 7.53. The van der Waals surface area contributed by atoms with Gasteiger partial charge in [-0.2, -0.15) is 0 Å². The summed E-state index contributed by atoms with van der Waals surface area (Å²) in [6, 6.07) is 0. The molecule has 2 heterocycles. The Hall–Kier alpha value is -0.460. The van der Waals surface area contributed by atoms with Crippen LogP contribution in [0.2, 0.25) is 0 Å². The van der Waals surface area contributed by atoms with Crippen LogP contribution in [0.5, 0.6) is 0 Å². The topological polar surface area (TPSA) is 42.4 Å². The summed E-state index contributed by atoms with van der Waals surface area (Å²) < 4.78 is 5.70. The van der Waals surface area contributed by atoms with Gasteiger partial charge in [-0.15, -0.1) is 11.3 Å². The van der Waals surface area contributed by atoms with Crippen LogP contribution >= 0.6 is 27.3 Å². The molecule has 0 aromatic carbocycles. The first-order valence-electron chi connectivity index (χ1n) is 5.53. The molecule has 1 fully saturated rings. The number of amides is 1. The molecule has 2 atom stereocenters. The average molecular weight is 319 g/mol. The van der Waals surface area contributed by atoms with Crippen LogP contribution in [0.1, 0.15) is 22.4 Å². The molecule has 0 radical (unpaired) electrons. The Kier molecular flexibility index (Phi) is 4.17. The number of thiazole rings is 1. The zero-order valence-corrected chi connectivity index (χ0v) is 12.3. The van der Waals surface area contributed by atoms with E-state index in [4.69, 9.17) is 4.74 Å². The van der Waals surface area contributed by atoms with E-state index in [1.165, 1.54) is 11.3 Å². The summed E-state index contributed by atoms with van der Waals surface area (Å²) in [6.07, 6.45) is 0.150. The van der Waals surface area contributed by atoms with Crippen molar-refractivity contribution in [2.24, 2.45) is 0 Å². The van der Waals surface area contributed by atoms with Gasteiger partial charge in [-0.25, -0.2) is 4.98 Å². The maximum Gasteiger partial charge on any atom is 0.273 e. The van der Waals surface area contributed by atoms with Crippen LogP contribution in [0.3, 0.4) is 0 Å². The molecule has 17 heavy (non-hydrogen) atoms. The molecule has 0 aliphatic carbocycles. The molecule has 1 amide bonds. The number of morpholine rings is 1. The fraction of sp³-hybridized carbons (Fsp3) is 0.636. The predicted octanol–water partition coefficient (Wildman–Crippen LogP) is 2.08. The van der Waals surface area contributed by atoms with Gasteiger partial charge in [0.1, 0.15) is 5.69 Å². The first kappa shape index (κ1) is 13.0. The molecule has 0 spiro atoms. The second-order valence-electron chi connectivity index (χ2n) is 4.18. The van der Waals surface area contributed by atoms with E-state index in [0.29, 0.717) is 18.8 Å². The molecule has 1 aromatic rings. The van der Waals surface area contributed by atoms with Crippen molar-refractivity contribution in [1.29, 1.82) is 0 Å². The number of nitrogens with zero attached hydrogens (tertiary/aromatic N) is 2. The molecule has 6 heteroatoms. The van der Waals surface area contributed by atoms with Crippen molar-refractivity contribution in [3.8, 4) is 0 Å². The molecule has 0 N–H and O–H groups in total. The van der Waals surface area contributed by atoms with Gasteiger partial charge in [0, 0.05) is 23.8 Å². The summed E-state index contributed by atoms with van der Waals surface area (Å²) in [6.45, 7) is 5.16. The fourth-order valence-corrected chi connectivity index (χ4v) is 2.86. The van der Waals surface area contributed by atoms with Gasteiger partial charge in [-0.3, -0.25) is 4.79 Å². The summed E-state index contributed by atoms with van der Waals surface area (Å²) in [7, 11) is 0. The van der Waals surface area contributed by atoms with E-state index in [1.54, 1.807) is 0 Å².